The van der Waals surface area contributed by atoms with Crippen LogP contribution in [-0.2, 0) is 4.79 Å². The van der Waals surface area contributed by atoms with Crippen LogP contribution in [0.1, 0.15) is 123 Å². The van der Waals surface area contributed by atoms with Crippen LogP contribution >= 0.6 is 0 Å². The largest absolute Gasteiger partial charge is 0.395 e. The molecule has 0 spiro atoms. The van der Waals surface area contributed by atoms with E-state index in [1.165, 1.54) is 83.5 Å². The molecular formula is C23H48N2O2. The number of hydrazine groups is 1. The Morgan fingerprint density at radius 3 is 1.52 bits per heavy atom. The molecule has 0 aromatic rings. The lowest BCUT2D eigenvalue weighted by Gasteiger charge is -2.21. The van der Waals surface area contributed by atoms with E-state index in [4.69, 9.17) is 5.11 Å². The molecular weight excluding hydrogens is 336 g/mol. The van der Waals surface area contributed by atoms with Gasteiger partial charge in [0.2, 0.25) is 5.91 Å². The van der Waals surface area contributed by atoms with E-state index in [1.54, 1.807) is 0 Å². The first-order valence-electron chi connectivity index (χ1n) is 11.9. The average molecular weight is 385 g/mol. The maximum absolute atomic E-state index is 11.9. The molecule has 0 aliphatic heterocycles. The van der Waals surface area contributed by atoms with E-state index < -0.39 is 0 Å². The monoisotopic (exact) mass is 384 g/mol. The van der Waals surface area contributed by atoms with E-state index in [0.717, 1.165) is 25.8 Å². The van der Waals surface area contributed by atoms with Crippen LogP contribution in [-0.4, -0.2) is 35.7 Å². The first-order valence-corrected chi connectivity index (χ1v) is 11.9. The average Bonchev–Trinajstić information content (AvgIpc) is 2.65. The molecule has 0 heterocycles. The third kappa shape index (κ3) is 19.9. The number of hydrogen-bond donors (Lipinski definition) is 2. The number of rotatable bonds is 21. The van der Waals surface area contributed by atoms with Crippen LogP contribution in [0.5, 0.6) is 0 Å². The van der Waals surface area contributed by atoms with Gasteiger partial charge in [0, 0.05) is 19.5 Å². The number of aliphatic hydroxyl groups is 1. The van der Waals surface area contributed by atoms with Gasteiger partial charge in [-0.3, -0.25) is 10.2 Å². The molecule has 0 atom stereocenters. The zero-order valence-electron chi connectivity index (χ0n) is 18.4. The van der Waals surface area contributed by atoms with Crippen molar-refractivity contribution in [3.05, 3.63) is 0 Å². The smallest absolute Gasteiger partial charge is 0.234 e. The zero-order valence-corrected chi connectivity index (χ0v) is 18.4. The van der Waals surface area contributed by atoms with Crippen LogP contribution in [0.2, 0.25) is 0 Å². The fourth-order valence-corrected chi connectivity index (χ4v) is 3.50. The van der Waals surface area contributed by atoms with Crippen molar-refractivity contribution in [1.29, 1.82) is 0 Å². The van der Waals surface area contributed by atoms with Gasteiger partial charge in [0.05, 0.1) is 6.61 Å². The summed E-state index contributed by atoms with van der Waals surface area (Å²) in [5.41, 5.74) is 2.90. The van der Waals surface area contributed by atoms with Gasteiger partial charge < -0.3 is 5.11 Å². The second kappa shape index (κ2) is 21.7. The molecule has 2 N–H and O–H groups in total. The fourth-order valence-electron chi connectivity index (χ4n) is 3.50. The molecule has 0 aliphatic carbocycles. The summed E-state index contributed by atoms with van der Waals surface area (Å²) in [4.78, 5) is 11.9. The number of hydrogen-bond acceptors (Lipinski definition) is 3. The van der Waals surface area contributed by atoms with Crippen molar-refractivity contribution in [2.75, 3.05) is 19.7 Å². The summed E-state index contributed by atoms with van der Waals surface area (Å²) in [6.45, 7) is 5.74. The van der Waals surface area contributed by atoms with Crippen molar-refractivity contribution in [3.8, 4) is 0 Å². The van der Waals surface area contributed by atoms with Gasteiger partial charge in [-0.2, -0.15) is 0 Å². The molecule has 1 amide bonds. The lowest BCUT2D eigenvalue weighted by Crippen LogP contribution is -2.44. The number of aliphatic hydroxyl groups excluding tert-OH is 1. The summed E-state index contributed by atoms with van der Waals surface area (Å²) in [7, 11) is 0. The Balaban J connectivity index is 3.29. The normalized spacial score (nSPS) is 11.3. The standard InChI is InChI=1S/C23H48N2O2/c1-3-5-6-7-8-9-10-11-12-13-14-15-16-17-18-19-23(27)24-25(20-4-2)21-22-26/h26H,3-22H2,1-2H3,(H,24,27). The number of carbonyl (C=O) groups is 1. The highest BCUT2D eigenvalue weighted by Crippen LogP contribution is 2.13. The molecule has 162 valence electrons. The van der Waals surface area contributed by atoms with Crippen molar-refractivity contribution in [2.45, 2.75) is 123 Å². The number of nitrogens with zero attached hydrogens (tertiary/aromatic N) is 1. The molecule has 0 fully saturated rings. The minimum atomic E-state index is 0.0826. The first kappa shape index (κ1) is 26.4. The van der Waals surface area contributed by atoms with E-state index in [9.17, 15) is 4.79 Å². The molecule has 0 radical (unpaired) electrons. The van der Waals surface area contributed by atoms with Crippen LogP contribution in [0.15, 0.2) is 0 Å². The van der Waals surface area contributed by atoms with Gasteiger partial charge >= 0.3 is 0 Å². The Labute approximate surface area is 169 Å². The van der Waals surface area contributed by atoms with Crippen molar-refractivity contribution in [3.63, 3.8) is 0 Å². The Morgan fingerprint density at radius 2 is 1.11 bits per heavy atom. The second-order valence-electron chi connectivity index (χ2n) is 7.95. The van der Waals surface area contributed by atoms with Gasteiger partial charge in [-0.05, 0) is 12.8 Å². The topological polar surface area (TPSA) is 52.6 Å². The van der Waals surface area contributed by atoms with Gasteiger partial charge in [-0.15, -0.1) is 0 Å². The molecule has 0 aromatic carbocycles. The fraction of sp³-hybridized carbons (Fsp3) is 0.957. The Morgan fingerprint density at radius 1 is 0.667 bits per heavy atom. The van der Waals surface area contributed by atoms with Crippen molar-refractivity contribution in [1.82, 2.24) is 10.4 Å². The lowest BCUT2D eigenvalue weighted by molar-refractivity contribution is -0.126. The van der Waals surface area contributed by atoms with Gasteiger partial charge in [0.25, 0.3) is 0 Å². The zero-order chi connectivity index (χ0) is 20.0. The van der Waals surface area contributed by atoms with Crippen molar-refractivity contribution >= 4 is 5.91 Å². The lowest BCUT2D eigenvalue weighted by atomic mass is 10.0. The summed E-state index contributed by atoms with van der Waals surface area (Å²) in [5, 5.41) is 10.8. The van der Waals surface area contributed by atoms with Gasteiger partial charge in [-0.25, -0.2) is 5.01 Å². The molecule has 0 rings (SSSR count). The molecule has 4 nitrogen and oxygen atoms in total. The molecule has 0 unspecified atom stereocenters. The third-order valence-corrected chi connectivity index (χ3v) is 5.15. The predicted molar refractivity (Wildman–Crippen MR) is 117 cm³/mol. The number of carbonyl (C=O) groups excluding carboxylic acids is 1. The predicted octanol–water partition coefficient (Wildman–Crippen LogP) is 5.98. The maximum Gasteiger partial charge on any atom is 0.234 e. The van der Waals surface area contributed by atoms with Gasteiger partial charge in [0.15, 0.2) is 0 Å². The molecule has 0 saturated heterocycles. The highest BCUT2D eigenvalue weighted by atomic mass is 16.3. The molecule has 0 aromatic heterocycles. The van der Waals surface area contributed by atoms with Crippen molar-refractivity contribution < 1.29 is 9.90 Å². The van der Waals surface area contributed by atoms with Crippen LogP contribution in [0.3, 0.4) is 0 Å². The number of nitrogens with one attached hydrogen (secondary N) is 1. The van der Waals surface area contributed by atoms with E-state index in [2.05, 4.69) is 19.3 Å². The van der Waals surface area contributed by atoms with E-state index in [-0.39, 0.29) is 12.5 Å². The highest BCUT2D eigenvalue weighted by molar-refractivity contribution is 5.75. The van der Waals surface area contributed by atoms with E-state index >= 15 is 0 Å². The first-order chi connectivity index (χ1) is 13.2. The van der Waals surface area contributed by atoms with E-state index in [0.29, 0.717) is 13.0 Å². The number of unbranched alkanes of at least 4 members (excludes halogenated alkanes) is 14. The van der Waals surface area contributed by atoms with Gasteiger partial charge in [0.1, 0.15) is 0 Å². The van der Waals surface area contributed by atoms with Crippen LogP contribution in [0.25, 0.3) is 0 Å². The van der Waals surface area contributed by atoms with Crippen LogP contribution in [0.4, 0.5) is 0 Å². The van der Waals surface area contributed by atoms with Crippen LogP contribution < -0.4 is 5.43 Å². The second-order valence-corrected chi connectivity index (χ2v) is 7.95. The maximum atomic E-state index is 11.9. The summed E-state index contributed by atoms with van der Waals surface area (Å²) in [6, 6.07) is 0. The SMILES string of the molecule is CCCCCCCCCCCCCCCCCC(=O)NN(CCC)CCO. The highest BCUT2D eigenvalue weighted by Gasteiger charge is 2.07. The Kier molecular flexibility index (Phi) is 21.2. The minimum Gasteiger partial charge on any atom is -0.395 e. The molecule has 4 heteroatoms. The van der Waals surface area contributed by atoms with E-state index in [1.807, 2.05) is 5.01 Å². The van der Waals surface area contributed by atoms with Gasteiger partial charge in [-0.1, -0.05) is 104 Å². The summed E-state index contributed by atoms with van der Waals surface area (Å²) >= 11 is 0. The third-order valence-electron chi connectivity index (χ3n) is 5.15. The minimum absolute atomic E-state index is 0.0826. The summed E-state index contributed by atoms with van der Waals surface area (Å²) in [5.74, 6) is 0.0894. The molecule has 0 bridgehead atoms. The number of amides is 1. The quantitative estimate of drug-likeness (QED) is 0.189. The van der Waals surface area contributed by atoms with Crippen LogP contribution in [0, 0.1) is 0 Å². The van der Waals surface area contributed by atoms with Crippen molar-refractivity contribution in [2.24, 2.45) is 0 Å². The Hall–Kier alpha value is -0.610. The molecule has 0 saturated carbocycles. The summed E-state index contributed by atoms with van der Waals surface area (Å²) in [6.07, 6.45) is 21.7. The molecule has 0 aliphatic rings. The Bertz CT molecular complexity index is 305. The molecule has 27 heavy (non-hydrogen) atoms. The summed E-state index contributed by atoms with van der Waals surface area (Å²) < 4.78 is 0.